The molecule has 0 unspecified atom stereocenters. The van der Waals surface area contributed by atoms with E-state index in [0.717, 1.165) is 12.8 Å². The Labute approximate surface area is 97.0 Å². The van der Waals surface area contributed by atoms with E-state index < -0.39 is 5.82 Å². The maximum atomic E-state index is 14.0. The first-order valence-corrected chi connectivity index (χ1v) is 5.41. The highest BCUT2D eigenvalue weighted by Crippen LogP contribution is 2.39. The smallest absolute Gasteiger partial charge is 0.168 e. The molecule has 0 radical (unpaired) electrons. The normalized spacial score (nSPS) is 15.3. The molecule has 0 N–H and O–H groups in total. The molecule has 1 saturated carbocycles. The lowest BCUT2D eigenvalue weighted by molar-refractivity contribution is 0.624. The van der Waals surface area contributed by atoms with E-state index in [4.69, 9.17) is 18.0 Å². The number of rotatable bonds is 1. The molecule has 3 rings (SSSR count). The summed E-state index contributed by atoms with van der Waals surface area (Å²) in [6.45, 7) is 0. The van der Waals surface area contributed by atoms with Gasteiger partial charge in [0.25, 0.3) is 0 Å². The van der Waals surface area contributed by atoms with Crippen molar-refractivity contribution in [2.24, 2.45) is 0 Å². The molecule has 1 aliphatic carbocycles. The van der Waals surface area contributed by atoms with Crippen molar-refractivity contribution in [1.82, 2.24) is 9.55 Å². The molecule has 0 spiro atoms. The van der Waals surface area contributed by atoms with Crippen LogP contribution < -0.4 is 0 Å². The summed E-state index contributed by atoms with van der Waals surface area (Å²) in [4.78, 5) is 4.16. The number of halogens is 2. The van der Waals surface area contributed by atoms with Crippen LogP contribution in [-0.4, -0.2) is 9.55 Å². The van der Waals surface area contributed by atoms with Gasteiger partial charge in [0.2, 0.25) is 0 Å². The first kappa shape index (κ1) is 9.68. The average Bonchev–Trinajstić information content (AvgIpc) is 3.04. The van der Waals surface area contributed by atoms with Crippen LogP contribution in [0, 0.1) is 18.2 Å². The molecular formula is C12H8ClFN2. The molecular weight excluding hydrogens is 227 g/mol. The molecule has 4 heteroatoms. The zero-order chi connectivity index (χ0) is 11.3. The molecule has 1 aliphatic rings. The monoisotopic (exact) mass is 234 g/mol. The molecule has 0 aliphatic heterocycles. The molecule has 1 aromatic carbocycles. The van der Waals surface area contributed by atoms with Crippen molar-refractivity contribution < 1.29 is 4.39 Å². The van der Waals surface area contributed by atoms with Gasteiger partial charge >= 0.3 is 0 Å². The zero-order valence-corrected chi connectivity index (χ0v) is 9.13. The van der Waals surface area contributed by atoms with Crippen LogP contribution >= 0.6 is 11.6 Å². The van der Waals surface area contributed by atoms with Crippen LogP contribution in [0.25, 0.3) is 11.0 Å². The van der Waals surface area contributed by atoms with Crippen LogP contribution in [-0.2, 0) is 0 Å². The third-order valence-electron chi connectivity index (χ3n) is 2.84. The van der Waals surface area contributed by atoms with Crippen molar-refractivity contribution in [2.75, 3.05) is 0 Å². The van der Waals surface area contributed by atoms with E-state index in [-0.39, 0.29) is 5.02 Å². The number of hydrogen-bond donors (Lipinski definition) is 0. The predicted molar refractivity (Wildman–Crippen MR) is 60.9 cm³/mol. The fourth-order valence-electron chi connectivity index (χ4n) is 1.86. The minimum atomic E-state index is -0.462. The number of hydrogen-bond acceptors (Lipinski definition) is 1. The minimum absolute atomic E-state index is 0.0115. The Morgan fingerprint density at radius 2 is 2.31 bits per heavy atom. The van der Waals surface area contributed by atoms with Gasteiger partial charge in [-0.05, 0) is 18.9 Å². The topological polar surface area (TPSA) is 17.8 Å². The maximum Gasteiger partial charge on any atom is 0.168 e. The molecule has 0 saturated heterocycles. The summed E-state index contributed by atoms with van der Waals surface area (Å²) in [5, 5.41) is 0.0115. The second kappa shape index (κ2) is 3.23. The largest absolute Gasteiger partial charge is 0.325 e. The fraction of sp³-hybridized carbons (Fsp3) is 0.250. The second-order valence-electron chi connectivity index (χ2n) is 3.95. The van der Waals surface area contributed by atoms with Crippen molar-refractivity contribution in [1.29, 1.82) is 0 Å². The SMILES string of the molecule is C#Cc1cc2ncn(C3CC3)c2c(F)c1Cl. The van der Waals surface area contributed by atoms with E-state index in [1.807, 2.05) is 4.57 Å². The van der Waals surface area contributed by atoms with E-state index in [0.29, 0.717) is 22.6 Å². The van der Waals surface area contributed by atoms with Crippen molar-refractivity contribution in [3.63, 3.8) is 0 Å². The Morgan fingerprint density at radius 1 is 1.56 bits per heavy atom. The standard InChI is InChI=1S/C12H8ClFN2/c1-2-7-5-9-12(11(14)10(7)13)16(6-15-9)8-3-4-8/h1,5-6,8H,3-4H2. The van der Waals surface area contributed by atoms with Gasteiger partial charge in [0, 0.05) is 11.6 Å². The lowest BCUT2D eigenvalue weighted by Crippen LogP contribution is -1.95. The van der Waals surface area contributed by atoms with Crippen LogP contribution in [0.15, 0.2) is 12.4 Å². The quantitative estimate of drug-likeness (QED) is 0.693. The van der Waals surface area contributed by atoms with Gasteiger partial charge in [-0.15, -0.1) is 6.42 Å². The first-order chi connectivity index (χ1) is 7.72. The number of nitrogens with zero attached hydrogens (tertiary/aromatic N) is 2. The molecule has 2 nitrogen and oxygen atoms in total. The zero-order valence-electron chi connectivity index (χ0n) is 8.37. The lowest BCUT2D eigenvalue weighted by atomic mass is 10.2. The third-order valence-corrected chi connectivity index (χ3v) is 3.21. The van der Waals surface area contributed by atoms with Gasteiger partial charge in [0.1, 0.15) is 5.52 Å². The Morgan fingerprint density at radius 3 is 2.94 bits per heavy atom. The number of aromatic nitrogens is 2. The molecule has 0 atom stereocenters. The molecule has 2 aromatic rings. The van der Waals surface area contributed by atoms with E-state index in [2.05, 4.69) is 10.9 Å². The van der Waals surface area contributed by atoms with Crippen LogP contribution in [0.5, 0.6) is 0 Å². The Hall–Kier alpha value is -1.53. The summed E-state index contributed by atoms with van der Waals surface area (Å²) in [7, 11) is 0. The van der Waals surface area contributed by atoms with Gasteiger partial charge < -0.3 is 4.57 Å². The van der Waals surface area contributed by atoms with Crippen molar-refractivity contribution in [2.45, 2.75) is 18.9 Å². The first-order valence-electron chi connectivity index (χ1n) is 5.03. The Balaban J connectivity index is 2.36. The molecule has 16 heavy (non-hydrogen) atoms. The van der Waals surface area contributed by atoms with Crippen molar-refractivity contribution in [3.05, 3.63) is 28.8 Å². The molecule has 80 valence electrons. The Bertz CT molecular complexity index is 620. The van der Waals surface area contributed by atoms with Gasteiger partial charge in [-0.2, -0.15) is 0 Å². The van der Waals surface area contributed by atoms with E-state index >= 15 is 0 Å². The van der Waals surface area contributed by atoms with Crippen LogP contribution in [0.3, 0.4) is 0 Å². The lowest BCUT2D eigenvalue weighted by Gasteiger charge is -2.04. The summed E-state index contributed by atoms with van der Waals surface area (Å²) in [6.07, 6.45) is 9.05. The second-order valence-corrected chi connectivity index (χ2v) is 4.33. The van der Waals surface area contributed by atoms with E-state index in [1.165, 1.54) is 0 Å². The molecule has 1 aromatic heterocycles. The van der Waals surface area contributed by atoms with Gasteiger partial charge in [-0.1, -0.05) is 17.5 Å². The summed E-state index contributed by atoms with van der Waals surface area (Å²) < 4.78 is 15.9. The molecule has 1 fully saturated rings. The van der Waals surface area contributed by atoms with Gasteiger partial charge in [0.15, 0.2) is 5.82 Å². The number of terminal acetylenes is 1. The Kier molecular flexibility index (Phi) is 1.95. The number of fused-ring (bicyclic) bond motifs is 1. The van der Waals surface area contributed by atoms with E-state index in [9.17, 15) is 4.39 Å². The number of imidazole rings is 1. The van der Waals surface area contributed by atoms with Gasteiger partial charge in [-0.25, -0.2) is 9.37 Å². The summed E-state index contributed by atoms with van der Waals surface area (Å²) in [5.41, 5.74) is 1.39. The van der Waals surface area contributed by atoms with Gasteiger partial charge in [0.05, 0.1) is 16.9 Å². The predicted octanol–water partition coefficient (Wildman–Crippen LogP) is 3.15. The molecule has 0 amide bonds. The van der Waals surface area contributed by atoms with E-state index in [1.54, 1.807) is 12.4 Å². The molecule has 0 bridgehead atoms. The highest BCUT2D eigenvalue weighted by atomic mass is 35.5. The van der Waals surface area contributed by atoms with Crippen molar-refractivity contribution in [3.8, 4) is 12.3 Å². The average molecular weight is 235 g/mol. The highest BCUT2D eigenvalue weighted by Gasteiger charge is 2.27. The van der Waals surface area contributed by atoms with Crippen LogP contribution in [0.2, 0.25) is 5.02 Å². The minimum Gasteiger partial charge on any atom is -0.325 e. The van der Waals surface area contributed by atoms with Crippen LogP contribution in [0.4, 0.5) is 4.39 Å². The third kappa shape index (κ3) is 1.23. The fourth-order valence-corrected chi connectivity index (χ4v) is 2.06. The van der Waals surface area contributed by atoms with Crippen molar-refractivity contribution >= 4 is 22.6 Å². The molecule has 1 heterocycles. The summed E-state index contributed by atoms with van der Waals surface area (Å²) in [5.74, 6) is 1.90. The maximum absolute atomic E-state index is 14.0. The highest BCUT2D eigenvalue weighted by molar-refractivity contribution is 6.32. The summed E-state index contributed by atoms with van der Waals surface area (Å²) in [6, 6.07) is 2.02. The van der Waals surface area contributed by atoms with Crippen LogP contribution in [0.1, 0.15) is 24.4 Å². The van der Waals surface area contributed by atoms with Gasteiger partial charge in [-0.3, -0.25) is 0 Å². The number of benzene rings is 1. The summed E-state index contributed by atoms with van der Waals surface area (Å²) >= 11 is 5.87.